The van der Waals surface area contributed by atoms with Crippen molar-refractivity contribution < 1.29 is 32.2 Å². The second kappa shape index (κ2) is 14.5. The summed E-state index contributed by atoms with van der Waals surface area (Å²) in [7, 11) is 0. The molecule has 4 heterocycles. The third-order valence-electron chi connectivity index (χ3n) is 9.66. The first-order chi connectivity index (χ1) is 24.6. The number of benzene rings is 3. The molecular formula is C37H37F3N6O5. The van der Waals surface area contributed by atoms with Crippen molar-refractivity contribution in [2.75, 3.05) is 36.5 Å². The van der Waals surface area contributed by atoms with Crippen molar-refractivity contribution in [2.24, 2.45) is 5.92 Å². The molecule has 0 amide bonds. The highest BCUT2D eigenvalue weighted by molar-refractivity contribution is 5.90. The number of para-hydroxylation sites is 2. The van der Waals surface area contributed by atoms with Crippen LogP contribution in [0.25, 0.3) is 21.8 Å². The van der Waals surface area contributed by atoms with E-state index in [0.29, 0.717) is 56.5 Å². The average Bonchev–Trinajstić information content (AvgIpc) is 3.54. The summed E-state index contributed by atoms with van der Waals surface area (Å²) in [5, 5.41) is 5.31. The first-order valence-corrected chi connectivity index (χ1v) is 17.1. The molecule has 1 atom stereocenters. The van der Waals surface area contributed by atoms with Gasteiger partial charge in [-0.05, 0) is 66.5 Å². The van der Waals surface area contributed by atoms with Crippen LogP contribution in [0.3, 0.4) is 0 Å². The number of aromatic nitrogens is 4. The molecule has 0 spiro atoms. The van der Waals surface area contributed by atoms with Gasteiger partial charge in [0.25, 0.3) is 0 Å². The summed E-state index contributed by atoms with van der Waals surface area (Å²) in [5.41, 5.74) is 2.62. The van der Waals surface area contributed by atoms with Crippen LogP contribution in [0, 0.1) is 5.92 Å². The molecular weight excluding hydrogens is 665 g/mol. The van der Waals surface area contributed by atoms with E-state index in [2.05, 4.69) is 29.9 Å². The van der Waals surface area contributed by atoms with Gasteiger partial charge in [0, 0.05) is 50.7 Å². The number of H-pyrrole nitrogens is 1. The maximum absolute atomic E-state index is 13.7. The van der Waals surface area contributed by atoms with Crippen LogP contribution in [0.15, 0.2) is 77.7 Å². The van der Waals surface area contributed by atoms with Crippen molar-refractivity contribution in [1.82, 2.24) is 19.5 Å². The lowest BCUT2D eigenvalue weighted by Gasteiger charge is -2.35. The van der Waals surface area contributed by atoms with Crippen LogP contribution < -0.4 is 15.9 Å². The van der Waals surface area contributed by atoms with Crippen molar-refractivity contribution in [3.8, 4) is 0 Å². The predicted octanol–water partition coefficient (Wildman–Crippen LogP) is 5.74. The van der Waals surface area contributed by atoms with Gasteiger partial charge in [-0.25, -0.2) is 14.6 Å². The fourth-order valence-corrected chi connectivity index (χ4v) is 6.97. The summed E-state index contributed by atoms with van der Waals surface area (Å²) in [6, 6.07) is 20.9. The van der Waals surface area contributed by atoms with Crippen LogP contribution in [-0.2, 0) is 32.0 Å². The molecule has 2 N–H and O–H groups in total. The smallest absolute Gasteiger partial charge is 0.386 e. The van der Waals surface area contributed by atoms with Crippen LogP contribution in [0.1, 0.15) is 42.7 Å². The lowest BCUT2D eigenvalue weighted by Crippen LogP contribution is -2.42. The van der Waals surface area contributed by atoms with E-state index in [0.717, 1.165) is 40.2 Å². The molecule has 11 nitrogen and oxygen atoms in total. The summed E-state index contributed by atoms with van der Waals surface area (Å²) in [4.78, 5) is 53.1. The van der Waals surface area contributed by atoms with Crippen molar-refractivity contribution >= 4 is 45.5 Å². The van der Waals surface area contributed by atoms with Crippen molar-refractivity contribution in [2.45, 2.75) is 56.8 Å². The number of imidazole rings is 1. The summed E-state index contributed by atoms with van der Waals surface area (Å²) in [6.45, 7) is 1.98. The molecule has 2 aromatic heterocycles. The highest BCUT2D eigenvalue weighted by Crippen LogP contribution is 2.34. The molecule has 0 bridgehead atoms. The highest BCUT2D eigenvalue weighted by Gasteiger charge is 2.43. The van der Waals surface area contributed by atoms with Gasteiger partial charge in [-0.1, -0.05) is 54.6 Å². The van der Waals surface area contributed by atoms with Crippen molar-refractivity contribution in [3.05, 3.63) is 94.5 Å². The SMILES string of the molecule is O=C(OC(=O)C(F)(F)F)C(Cc1ccc2ccccc2c1)Cn1cc(C2CCOCC2)c(N2CCC(Nc3nc4ccccc4[nH]3)CC2)nc1=O. The van der Waals surface area contributed by atoms with Gasteiger partial charge in [0.15, 0.2) is 0 Å². The largest absolute Gasteiger partial charge is 0.491 e. The molecule has 1 unspecified atom stereocenters. The molecule has 0 radical (unpaired) electrons. The quantitative estimate of drug-likeness (QED) is 0.146. The lowest BCUT2D eigenvalue weighted by molar-refractivity contribution is -0.203. The van der Waals surface area contributed by atoms with Gasteiger partial charge in [-0.3, -0.25) is 9.36 Å². The molecule has 3 aromatic carbocycles. The fourth-order valence-electron chi connectivity index (χ4n) is 6.97. The molecule has 51 heavy (non-hydrogen) atoms. The van der Waals surface area contributed by atoms with Gasteiger partial charge < -0.3 is 24.7 Å². The normalized spacial score (nSPS) is 16.7. The number of carbonyl (C=O) groups is 2. The summed E-state index contributed by atoms with van der Waals surface area (Å²) >= 11 is 0. The number of alkyl halides is 3. The van der Waals surface area contributed by atoms with Crippen LogP contribution in [0.5, 0.6) is 0 Å². The second-order valence-electron chi connectivity index (χ2n) is 13.1. The van der Waals surface area contributed by atoms with E-state index in [-0.39, 0.29) is 24.9 Å². The summed E-state index contributed by atoms with van der Waals surface area (Å²) in [5.74, 6) is -3.98. The Hall–Kier alpha value is -5.24. The number of hydrogen-bond donors (Lipinski definition) is 2. The van der Waals surface area contributed by atoms with E-state index in [1.807, 2.05) is 60.7 Å². The van der Waals surface area contributed by atoms with Gasteiger partial charge in [0.2, 0.25) is 5.95 Å². The Labute approximate surface area is 290 Å². The van der Waals surface area contributed by atoms with E-state index in [1.54, 1.807) is 12.3 Å². The Morgan fingerprint density at radius 2 is 1.69 bits per heavy atom. The molecule has 0 aliphatic carbocycles. The van der Waals surface area contributed by atoms with Crippen LogP contribution >= 0.6 is 0 Å². The lowest BCUT2D eigenvalue weighted by atomic mass is 9.92. The predicted molar refractivity (Wildman–Crippen MR) is 185 cm³/mol. The maximum Gasteiger partial charge on any atom is 0.491 e. The summed E-state index contributed by atoms with van der Waals surface area (Å²) < 4.78 is 50.5. The number of anilines is 2. The Balaban J connectivity index is 1.14. The van der Waals surface area contributed by atoms with Gasteiger partial charge in [0.05, 0.1) is 17.0 Å². The number of nitrogens with zero attached hydrogens (tertiary/aromatic N) is 4. The van der Waals surface area contributed by atoms with Crippen LogP contribution in [0.4, 0.5) is 24.9 Å². The molecule has 2 fully saturated rings. The number of piperidine rings is 1. The average molecular weight is 703 g/mol. The molecule has 0 saturated carbocycles. The molecule has 2 aliphatic heterocycles. The number of hydrogen-bond acceptors (Lipinski definition) is 9. The monoisotopic (exact) mass is 702 g/mol. The minimum atomic E-state index is -5.35. The Kier molecular flexibility index (Phi) is 9.76. The first kappa shape index (κ1) is 34.2. The first-order valence-electron chi connectivity index (χ1n) is 17.1. The topological polar surface area (TPSA) is 131 Å². The number of esters is 2. The fraction of sp³-hybridized carbons (Fsp3) is 0.378. The minimum Gasteiger partial charge on any atom is -0.386 e. The molecule has 7 rings (SSSR count). The standard InChI is InChI=1S/C37H37F3N6O5/c38-37(39,40)34(48)51-33(47)27(20-23-9-10-24-5-1-2-6-26(24)19-23)21-46-22-29(25-13-17-50-18-14-25)32(44-36(46)49)45-15-11-28(12-16-45)41-35-42-30-7-3-4-8-31(30)43-35/h1-10,19,22,25,27-28H,11-18,20-21H2,(H2,41,42,43). The number of fused-ring (bicyclic) bond motifs is 2. The number of nitrogens with one attached hydrogen (secondary N) is 2. The number of halogens is 3. The van der Waals surface area contributed by atoms with E-state index in [1.165, 1.54) is 4.57 Å². The number of aromatic amines is 1. The molecule has 2 saturated heterocycles. The number of ether oxygens (including phenoxy) is 2. The minimum absolute atomic E-state index is 0.0113. The van der Waals surface area contributed by atoms with Crippen LogP contribution in [0.2, 0.25) is 0 Å². The van der Waals surface area contributed by atoms with Gasteiger partial charge >= 0.3 is 23.8 Å². The highest BCUT2D eigenvalue weighted by atomic mass is 19.4. The number of carbonyl (C=O) groups excluding carboxylic acids is 2. The Morgan fingerprint density at radius 3 is 2.43 bits per heavy atom. The zero-order valence-corrected chi connectivity index (χ0v) is 27.7. The van der Waals surface area contributed by atoms with E-state index in [9.17, 15) is 27.6 Å². The van der Waals surface area contributed by atoms with Crippen molar-refractivity contribution in [3.63, 3.8) is 0 Å². The van der Waals surface area contributed by atoms with Crippen molar-refractivity contribution in [1.29, 1.82) is 0 Å². The van der Waals surface area contributed by atoms with Gasteiger partial charge in [-0.15, -0.1) is 0 Å². The van der Waals surface area contributed by atoms with E-state index < -0.39 is 29.7 Å². The van der Waals surface area contributed by atoms with Gasteiger partial charge in [-0.2, -0.15) is 18.2 Å². The maximum atomic E-state index is 13.7. The third-order valence-corrected chi connectivity index (χ3v) is 9.66. The van der Waals surface area contributed by atoms with E-state index in [4.69, 9.17) is 4.74 Å². The zero-order valence-electron chi connectivity index (χ0n) is 27.7. The third kappa shape index (κ3) is 7.90. The van der Waals surface area contributed by atoms with E-state index >= 15 is 0 Å². The Morgan fingerprint density at radius 1 is 0.961 bits per heavy atom. The molecule has 266 valence electrons. The van der Waals surface area contributed by atoms with Crippen LogP contribution in [-0.4, -0.2) is 70.0 Å². The zero-order chi connectivity index (χ0) is 35.5. The molecule has 14 heteroatoms. The summed E-state index contributed by atoms with van der Waals surface area (Å²) in [6.07, 6.45) is -0.829. The Bertz CT molecular complexity index is 2070. The molecule has 2 aliphatic rings. The number of rotatable bonds is 9. The van der Waals surface area contributed by atoms with Gasteiger partial charge in [0.1, 0.15) is 5.82 Å². The second-order valence-corrected chi connectivity index (χ2v) is 13.1. The molecule has 5 aromatic rings.